The van der Waals surface area contributed by atoms with Crippen molar-refractivity contribution in [3.05, 3.63) is 0 Å². The standard InChI is InChI=1S/C11H22N2S/c1-9-5-7-14-8-6-13(9)11-4-2-3-10(11)12/h9-11H,2-8,12H2,1H3. The highest BCUT2D eigenvalue weighted by atomic mass is 32.2. The zero-order valence-corrected chi connectivity index (χ0v) is 9.93. The van der Waals surface area contributed by atoms with Gasteiger partial charge in [0.05, 0.1) is 0 Å². The highest BCUT2D eigenvalue weighted by Crippen LogP contribution is 2.27. The molecule has 14 heavy (non-hydrogen) atoms. The fourth-order valence-corrected chi connectivity index (χ4v) is 3.84. The normalized spacial score (nSPS) is 41.1. The second-order valence-electron chi connectivity index (χ2n) is 4.65. The Balaban J connectivity index is 1.99. The van der Waals surface area contributed by atoms with E-state index in [1.807, 2.05) is 0 Å². The van der Waals surface area contributed by atoms with Gasteiger partial charge in [-0.25, -0.2) is 0 Å². The molecule has 1 aliphatic carbocycles. The van der Waals surface area contributed by atoms with Crippen molar-refractivity contribution in [1.29, 1.82) is 0 Å². The first-order valence-electron chi connectivity index (χ1n) is 5.88. The van der Waals surface area contributed by atoms with Crippen LogP contribution in [-0.4, -0.2) is 41.1 Å². The van der Waals surface area contributed by atoms with Gasteiger partial charge < -0.3 is 5.73 Å². The largest absolute Gasteiger partial charge is 0.326 e. The first-order valence-corrected chi connectivity index (χ1v) is 7.03. The second-order valence-corrected chi connectivity index (χ2v) is 5.87. The Bertz CT molecular complexity index is 186. The Morgan fingerprint density at radius 3 is 2.79 bits per heavy atom. The molecule has 0 bridgehead atoms. The Hall–Kier alpha value is 0.270. The summed E-state index contributed by atoms with van der Waals surface area (Å²) >= 11 is 2.10. The van der Waals surface area contributed by atoms with Gasteiger partial charge in [-0.3, -0.25) is 4.90 Å². The summed E-state index contributed by atoms with van der Waals surface area (Å²) < 4.78 is 0. The lowest BCUT2D eigenvalue weighted by Gasteiger charge is -2.35. The van der Waals surface area contributed by atoms with Crippen molar-refractivity contribution >= 4 is 11.8 Å². The van der Waals surface area contributed by atoms with Crippen LogP contribution < -0.4 is 5.73 Å². The monoisotopic (exact) mass is 214 g/mol. The van der Waals surface area contributed by atoms with Crippen molar-refractivity contribution < 1.29 is 0 Å². The molecule has 2 rings (SSSR count). The molecule has 3 heteroatoms. The predicted molar refractivity (Wildman–Crippen MR) is 63.7 cm³/mol. The molecule has 2 aliphatic rings. The van der Waals surface area contributed by atoms with E-state index < -0.39 is 0 Å². The van der Waals surface area contributed by atoms with Crippen molar-refractivity contribution in [2.24, 2.45) is 5.73 Å². The zero-order chi connectivity index (χ0) is 9.97. The molecule has 3 atom stereocenters. The van der Waals surface area contributed by atoms with Gasteiger partial charge in [-0.2, -0.15) is 11.8 Å². The molecular formula is C11H22N2S. The third kappa shape index (κ3) is 2.26. The summed E-state index contributed by atoms with van der Waals surface area (Å²) in [6.07, 6.45) is 5.24. The van der Waals surface area contributed by atoms with Gasteiger partial charge in [0.25, 0.3) is 0 Å². The first-order chi connectivity index (χ1) is 6.79. The minimum absolute atomic E-state index is 0.445. The third-order valence-corrected chi connectivity index (χ3v) is 4.69. The summed E-state index contributed by atoms with van der Waals surface area (Å²) in [5.41, 5.74) is 6.17. The van der Waals surface area contributed by atoms with Crippen LogP contribution in [-0.2, 0) is 0 Å². The maximum Gasteiger partial charge on any atom is 0.0250 e. The quantitative estimate of drug-likeness (QED) is 0.720. The number of hydrogen-bond donors (Lipinski definition) is 1. The Morgan fingerprint density at radius 2 is 2.07 bits per heavy atom. The minimum Gasteiger partial charge on any atom is -0.326 e. The van der Waals surface area contributed by atoms with E-state index in [9.17, 15) is 0 Å². The molecule has 82 valence electrons. The van der Waals surface area contributed by atoms with Gasteiger partial charge in [0.1, 0.15) is 0 Å². The summed E-state index contributed by atoms with van der Waals surface area (Å²) in [4.78, 5) is 2.68. The van der Waals surface area contributed by atoms with Crippen LogP contribution in [0.2, 0.25) is 0 Å². The van der Waals surface area contributed by atoms with Crippen molar-refractivity contribution in [1.82, 2.24) is 4.90 Å². The molecule has 2 fully saturated rings. The molecule has 2 N–H and O–H groups in total. The summed E-state index contributed by atoms with van der Waals surface area (Å²) in [7, 11) is 0. The van der Waals surface area contributed by atoms with Crippen LogP contribution in [0.4, 0.5) is 0 Å². The van der Waals surface area contributed by atoms with Gasteiger partial charge in [0.15, 0.2) is 0 Å². The average Bonchev–Trinajstić information content (AvgIpc) is 2.46. The van der Waals surface area contributed by atoms with Crippen molar-refractivity contribution in [3.63, 3.8) is 0 Å². The van der Waals surface area contributed by atoms with E-state index in [2.05, 4.69) is 23.6 Å². The smallest absolute Gasteiger partial charge is 0.0250 e. The zero-order valence-electron chi connectivity index (χ0n) is 9.11. The summed E-state index contributed by atoms with van der Waals surface area (Å²) in [5, 5.41) is 0. The fraction of sp³-hybridized carbons (Fsp3) is 1.00. The number of nitrogens with two attached hydrogens (primary N) is 1. The van der Waals surface area contributed by atoms with Gasteiger partial charge >= 0.3 is 0 Å². The van der Waals surface area contributed by atoms with Crippen LogP contribution in [0.25, 0.3) is 0 Å². The Kier molecular flexibility index (Phi) is 3.74. The molecular weight excluding hydrogens is 192 g/mol. The van der Waals surface area contributed by atoms with Crippen LogP contribution in [0.5, 0.6) is 0 Å². The van der Waals surface area contributed by atoms with E-state index in [1.165, 1.54) is 43.7 Å². The van der Waals surface area contributed by atoms with E-state index in [4.69, 9.17) is 5.73 Å². The van der Waals surface area contributed by atoms with Gasteiger partial charge in [0.2, 0.25) is 0 Å². The predicted octanol–water partition coefficient (Wildman–Crippen LogP) is 1.69. The first kappa shape index (κ1) is 10.8. The molecule has 0 aromatic carbocycles. The molecule has 2 nitrogen and oxygen atoms in total. The van der Waals surface area contributed by atoms with Gasteiger partial charge in [-0.1, -0.05) is 6.42 Å². The van der Waals surface area contributed by atoms with Crippen molar-refractivity contribution in [3.8, 4) is 0 Å². The van der Waals surface area contributed by atoms with Crippen LogP contribution in [0.15, 0.2) is 0 Å². The number of hydrogen-bond acceptors (Lipinski definition) is 3. The molecule has 3 unspecified atom stereocenters. The summed E-state index contributed by atoms with van der Waals surface area (Å²) in [6.45, 7) is 3.63. The molecule has 0 spiro atoms. The minimum atomic E-state index is 0.445. The molecule has 1 saturated carbocycles. The number of rotatable bonds is 1. The Morgan fingerprint density at radius 1 is 1.21 bits per heavy atom. The van der Waals surface area contributed by atoms with Crippen LogP contribution >= 0.6 is 11.8 Å². The maximum absolute atomic E-state index is 6.17. The van der Waals surface area contributed by atoms with E-state index in [-0.39, 0.29) is 0 Å². The van der Waals surface area contributed by atoms with Gasteiger partial charge in [-0.15, -0.1) is 0 Å². The molecule has 1 aliphatic heterocycles. The number of thioether (sulfide) groups is 1. The van der Waals surface area contributed by atoms with Crippen molar-refractivity contribution in [2.75, 3.05) is 18.1 Å². The average molecular weight is 214 g/mol. The fourth-order valence-electron chi connectivity index (χ4n) is 2.79. The van der Waals surface area contributed by atoms with Gasteiger partial charge in [-0.05, 0) is 31.9 Å². The SMILES string of the molecule is CC1CCSCCN1C1CCCC1N. The highest BCUT2D eigenvalue weighted by Gasteiger charge is 2.32. The maximum atomic E-state index is 6.17. The molecule has 0 amide bonds. The van der Waals surface area contributed by atoms with Crippen LogP contribution in [0.3, 0.4) is 0 Å². The molecule has 0 aromatic rings. The van der Waals surface area contributed by atoms with E-state index >= 15 is 0 Å². The second kappa shape index (κ2) is 4.86. The lowest BCUT2D eigenvalue weighted by atomic mass is 10.1. The lowest BCUT2D eigenvalue weighted by molar-refractivity contribution is 0.144. The molecule has 1 heterocycles. The Labute approximate surface area is 91.6 Å². The highest BCUT2D eigenvalue weighted by molar-refractivity contribution is 7.99. The van der Waals surface area contributed by atoms with Crippen LogP contribution in [0.1, 0.15) is 32.6 Å². The molecule has 1 saturated heterocycles. The van der Waals surface area contributed by atoms with E-state index in [0.717, 1.165) is 6.04 Å². The lowest BCUT2D eigenvalue weighted by Crippen LogP contribution is -2.48. The summed E-state index contributed by atoms with van der Waals surface area (Å²) in [5.74, 6) is 2.63. The third-order valence-electron chi connectivity index (χ3n) is 3.70. The van der Waals surface area contributed by atoms with Crippen molar-refractivity contribution in [2.45, 2.75) is 50.7 Å². The molecule has 0 aromatic heterocycles. The van der Waals surface area contributed by atoms with E-state index in [1.54, 1.807) is 0 Å². The summed E-state index contributed by atoms with van der Waals surface area (Å²) in [6, 6.07) is 1.88. The topological polar surface area (TPSA) is 29.3 Å². The number of nitrogens with zero attached hydrogens (tertiary/aromatic N) is 1. The van der Waals surface area contributed by atoms with Gasteiger partial charge in [0, 0.05) is 30.4 Å². The molecule has 0 radical (unpaired) electrons. The van der Waals surface area contributed by atoms with E-state index in [0.29, 0.717) is 12.1 Å². The van der Waals surface area contributed by atoms with Crippen LogP contribution in [0, 0.1) is 0 Å².